The van der Waals surface area contributed by atoms with Crippen molar-refractivity contribution in [2.45, 2.75) is 51.2 Å². The van der Waals surface area contributed by atoms with Crippen LogP contribution in [0.15, 0.2) is 54.9 Å². The van der Waals surface area contributed by atoms with Crippen LogP contribution in [0.25, 0.3) is 11.3 Å². The number of anilines is 1. The molecule has 3 heterocycles. The number of aromatic nitrogens is 3. The van der Waals surface area contributed by atoms with Crippen molar-refractivity contribution in [3.63, 3.8) is 0 Å². The molecule has 170 valence electrons. The van der Waals surface area contributed by atoms with Gasteiger partial charge in [-0.1, -0.05) is 37.8 Å². The highest BCUT2D eigenvalue weighted by Gasteiger charge is 2.26. The van der Waals surface area contributed by atoms with E-state index in [4.69, 9.17) is 9.72 Å². The molecule has 5 nitrogen and oxygen atoms in total. The molecule has 1 aromatic carbocycles. The molecule has 1 aliphatic heterocycles. The Labute approximate surface area is 191 Å². The van der Waals surface area contributed by atoms with E-state index in [9.17, 15) is 4.39 Å². The van der Waals surface area contributed by atoms with Crippen LogP contribution >= 0.6 is 0 Å². The summed E-state index contributed by atoms with van der Waals surface area (Å²) in [5, 5.41) is 0. The molecule has 0 unspecified atom stereocenters. The zero-order valence-electron chi connectivity index (χ0n) is 19.3. The van der Waals surface area contributed by atoms with Crippen LogP contribution in [-0.2, 0) is 11.5 Å². The summed E-state index contributed by atoms with van der Waals surface area (Å²) in [7, 11) is -1.14. The maximum atomic E-state index is 13.8. The third kappa shape index (κ3) is 5.84. The number of pyridine rings is 1. The lowest BCUT2D eigenvalue weighted by Gasteiger charge is -2.32. The van der Waals surface area contributed by atoms with E-state index in [1.54, 1.807) is 12.1 Å². The molecule has 0 aliphatic carbocycles. The monoisotopic (exact) mass is 452 g/mol. The van der Waals surface area contributed by atoms with Crippen LogP contribution in [0.2, 0.25) is 25.7 Å². The molecule has 0 atom stereocenters. The lowest BCUT2D eigenvalue weighted by molar-refractivity contribution is 0.0839. The summed E-state index contributed by atoms with van der Waals surface area (Å²) in [6.07, 6.45) is 5.87. The zero-order valence-corrected chi connectivity index (χ0v) is 20.3. The summed E-state index contributed by atoms with van der Waals surface area (Å²) in [6, 6.07) is 13.8. The van der Waals surface area contributed by atoms with Crippen LogP contribution in [0.1, 0.15) is 24.6 Å². The number of rotatable bonds is 8. The van der Waals surface area contributed by atoms with Crippen LogP contribution in [-0.4, -0.2) is 42.3 Å². The second-order valence-corrected chi connectivity index (χ2v) is 15.4. The Morgan fingerprint density at radius 1 is 1.09 bits per heavy atom. The standard InChI is InChI=1S/C25H33FN4OSi/c1-32(2,3)16-15-31-19-30-18-23(21-7-6-8-22(26)17-21)28-25(30)20-10-13-29(14-11-20)24-9-4-5-12-27-24/h4-9,12,17-18,20H,10-11,13-16,19H2,1-3H3. The van der Waals surface area contributed by atoms with E-state index >= 15 is 0 Å². The van der Waals surface area contributed by atoms with Crippen molar-refractivity contribution in [2.75, 3.05) is 24.6 Å². The minimum absolute atomic E-state index is 0.242. The van der Waals surface area contributed by atoms with E-state index in [2.05, 4.69) is 40.2 Å². The summed E-state index contributed by atoms with van der Waals surface area (Å²) >= 11 is 0. The van der Waals surface area contributed by atoms with Crippen LogP contribution in [0, 0.1) is 5.82 Å². The fourth-order valence-corrected chi connectivity index (χ4v) is 4.85. The largest absolute Gasteiger partial charge is 0.361 e. The molecule has 1 fully saturated rings. The second kappa shape index (κ2) is 9.96. The van der Waals surface area contributed by atoms with Gasteiger partial charge in [-0.25, -0.2) is 14.4 Å². The third-order valence-corrected chi connectivity index (χ3v) is 7.69. The minimum Gasteiger partial charge on any atom is -0.361 e. The molecular formula is C25H33FN4OSi. The predicted octanol–water partition coefficient (Wildman–Crippen LogP) is 5.78. The molecule has 0 radical (unpaired) electrons. The van der Waals surface area contributed by atoms with Gasteiger partial charge < -0.3 is 14.2 Å². The molecule has 32 heavy (non-hydrogen) atoms. The molecule has 7 heteroatoms. The molecule has 2 aromatic heterocycles. The van der Waals surface area contributed by atoms with Gasteiger partial charge in [-0.2, -0.15) is 0 Å². The number of benzene rings is 1. The van der Waals surface area contributed by atoms with Crippen molar-refractivity contribution in [3.8, 4) is 11.3 Å². The van der Waals surface area contributed by atoms with Gasteiger partial charge in [0.1, 0.15) is 24.2 Å². The fraction of sp³-hybridized carbons (Fsp3) is 0.440. The smallest absolute Gasteiger partial charge is 0.128 e. The Bertz CT molecular complexity index is 1010. The van der Waals surface area contributed by atoms with Gasteiger partial charge in [0, 0.05) is 51.6 Å². The van der Waals surface area contributed by atoms with Gasteiger partial charge >= 0.3 is 0 Å². The van der Waals surface area contributed by atoms with Crippen molar-refractivity contribution in [2.24, 2.45) is 0 Å². The molecule has 3 aromatic rings. The van der Waals surface area contributed by atoms with E-state index in [-0.39, 0.29) is 5.82 Å². The van der Waals surface area contributed by atoms with Crippen LogP contribution in [0.4, 0.5) is 10.2 Å². The van der Waals surface area contributed by atoms with Crippen molar-refractivity contribution >= 4 is 13.9 Å². The van der Waals surface area contributed by atoms with Crippen molar-refractivity contribution in [1.82, 2.24) is 14.5 Å². The maximum Gasteiger partial charge on any atom is 0.128 e. The lowest BCUT2D eigenvalue weighted by Crippen LogP contribution is -2.34. The second-order valence-electron chi connectivity index (χ2n) is 9.76. The summed E-state index contributed by atoms with van der Waals surface area (Å²) in [4.78, 5) is 11.8. The van der Waals surface area contributed by atoms with Crippen LogP contribution in [0.5, 0.6) is 0 Å². The lowest BCUT2D eigenvalue weighted by atomic mass is 9.96. The van der Waals surface area contributed by atoms with Crippen LogP contribution in [0.3, 0.4) is 0 Å². The first-order valence-electron chi connectivity index (χ1n) is 11.5. The Morgan fingerprint density at radius 2 is 1.91 bits per heavy atom. The first kappa shape index (κ1) is 22.7. The van der Waals surface area contributed by atoms with Gasteiger partial charge in [0.05, 0.1) is 5.69 Å². The number of hydrogen-bond donors (Lipinski definition) is 0. The Hall–Kier alpha value is -2.51. The number of hydrogen-bond acceptors (Lipinski definition) is 4. The predicted molar refractivity (Wildman–Crippen MR) is 130 cm³/mol. The van der Waals surface area contributed by atoms with E-state index < -0.39 is 8.07 Å². The Kier molecular flexibility index (Phi) is 7.06. The highest BCUT2D eigenvalue weighted by molar-refractivity contribution is 6.76. The molecule has 0 saturated carbocycles. The average Bonchev–Trinajstić information content (AvgIpc) is 3.21. The van der Waals surface area contributed by atoms with E-state index in [0.29, 0.717) is 12.6 Å². The van der Waals surface area contributed by atoms with E-state index in [1.807, 2.05) is 30.6 Å². The number of piperidine rings is 1. The van der Waals surface area contributed by atoms with E-state index in [1.165, 1.54) is 6.07 Å². The summed E-state index contributed by atoms with van der Waals surface area (Å²) < 4.78 is 22.0. The summed E-state index contributed by atoms with van der Waals surface area (Å²) in [5.41, 5.74) is 1.61. The molecule has 0 bridgehead atoms. The van der Waals surface area contributed by atoms with Gasteiger partial charge in [-0.05, 0) is 43.2 Å². The van der Waals surface area contributed by atoms with Gasteiger partial charge in [-0.3, -0.25) is 0 Å². The molecule has 4 rings (SSSR count). The first-order valence-corrected chi connectivity index (χ1v) is 15.2. The third-order valence-electron chi connectivity index (χ3n) is 5.99. The first-order chi connectivity index (χ1) is 15.4. The fourth-order valence-electron chi connectivity index (χ4n) is 4.10. The number of halogens is 1. The summed E-state index contributed by atoms with van der Waals surface area (Å²) in [6.45, 7) is 10.2. The Balaban J connectivity index is 1.50. The number of imidazole rings is 1. The maximum absolute atomic E-state index is 13.8. The average molecular weight is 453 g/mol. The number of nitrogens with zero attached hydrogens (tertiary/aromatic N) is 4. The van der Waals surface area contributed by atoms with Gasteiger partial charge in [-0.15, -0.1) is 0 Å². The normalized spacial score (nSPS) is 15.3. The topological polar surface area (TPSA) is 43.2 Å². The van der Waals surface area contributed by atoms with Gasteiger partial charge in [0.2, 0.25) is 0 Å². The minimum atomic E-state index is -1.14. The van der Waals surface area contributed by atoms with Crippen LogP contribution < -0.4 is 4.90 Å². The van der Waals surface area contributed by atoms with Crippen molar-refractivity contribution < 1.29 is 9.13 Å². The molecule has 1 saturated heterocycles. The van der Waals surface area contributed by atoms with Gasteiger partial charge in [0.25, 0.3) is 0 Å². The molecule has 0 spiro atoms. The van der Waals surface area contributed by atoms with Crippen molar-refractivity contribution in [1.29, 1.82) is 0 Å². The molecular weight excluding hydrogens is 419 g/mol. The molecule has 0 amide bonds. The SMILES string of the molecule is C[Si](C)(C)CCOCn1cc(-c2cccc(F)c2)nc1C1CCN(c2ccccn2)CC1. The number of ether oxygens (including phenoxy) is 1. The molecule has 1 aliphatic rings. The van der Waals surface area contributed by atoms with Crippen molar-refractivity contribution in [3.05, 3.63) is 66.5 Å². The molecule has 0 N–H and O–H groups in total. The highest BCUT2D eigenvalue weighted by Crippen LogP contribution is 2.31. The quantitative estimate of drug-likeness (QED) is 0.321. The Morgan fingerprint density at radius 3 is 2.59 bits per heavy atom. The van der Waals surface area contributed by atoms with E-state index in [0.717, 1.165) is 61.5 Å². The summed E-state index contributed by atoms with van der Waals surface area (Å²) in [5.74, 6) is 2.17. The zero-order chi connectivity index (χ0) is 22.6. The van der Waals surface area contributed by atoms with Gasteiger partial charge in [0.15, 0.2) is 0 Å². The highest BCUT2D eigenvalue weighted by atomic mass is 28.3.